The van der Waals surface area contributed by atoms with Crippen LogP contribution in [-0.2, 0) is 27.4 Å². The maximum atomic E-state index is 13.1. The number of hydrogen-bond acceptors (Lipinski definition) is 9. The summed E-state index contributed by atoms with van der Waals surface area (Å²) in [6.07, 6.45) is 0.0182. The molecule has 12 heteroatoms. The fourth-order valence-electron chi connectivity index (χ4n) is 4.72. The van der Waals surface area contributed by atoms with Gasteiger partial charge in [0.2, 0.25) is 0 Å². The molecule has 4 rings (SSSR count). The van der Waals surface area contributed by atoms with Gasteiger partial charge in [-0.2, -0.15) is 0 Å². The Morgan fingerprint density at radius 1 is 1.22 bits per heavy atom. The van der Waals surface area contributed by atoms with E-state index in [9.17, 15) is 20.1 Å². The minimum Gasteiger partial charge on any atom is -0.483 e. The van der Waals surface area contributed by atoms with E-state index < -0.39 is 43.3 Å². The number of carbonyl (C=O) groups excluding carboxylic acids is 1. The predicted octanol–water partition coefficient (Wildman–Crippen LogP) is 3.56. The quantitative estimate of drug-likeness (QED) is 0.180. The van der Waals surface area contributed by atoms with E-state index in [2.05, 4.69) is 5.92 Å². The highest BCUT2D eigenvalue weighted by Crippen LogP contribution is 2.39. The number of aromatic nitrogens is 2. The molecule has 1 aromatic heterocycles. The van der Waals surface area contributed by atoms with Crippen molar-refractivity contribution < 1.29 is 39.1 Å². The molecule has 0 aliphatic carbocycles. The van der Waals surface area contributed by atoms with Gasteiger partial charge in [0.1, 0.15) is 30.7 Å². The Balaban J connectivity index is 1.56. The number of esters is 1. The second-order valence-corrected chi connectivity index (χ2v) is 10.5. The van der Waals surface area contributed by atoms with Crippen LogP contribution < -0.4 is 4.74 Å². The molecule has 0 saturated carbocycles. The number of terminal acetylenes is 1. The van der Waals surface area contributed by atoms with Crippen molar-refractivity contribution in [2.75, 3.05) is 13.7 Å². The first kappa shape index (κ1) is 31.1. The third-order valence-electron chi connectivity index (χ3n) is 6.97. The summed E-state index contributed by atoms with van der Waals surface area (Å²) in [6.45, 7) is 3.73. The standard InChI is InChI=1S/C29H32Cl2N2O8/c1-5-6-7-10-33-20-9-8-15(2)11-19(20)32-22(33)14-39-26-18(30)12-17(16(3)23(26)31)28(37)41-27-25(36)24(35)21(13-34)40-29(27)38-4/h1,8-9,11-12,21,24-25,27,29,34-36H,6-7,10,13-14H2,2-4H3/t21-,24-,25+,27-,29+/m1/s1. The maximum Gasteiger partial charge on any atom is 0.339 e. The van der Waals surface area contributed by atoms with Gasteiger partial charge in [-0.15, -0.1) is 12.3 Å². The first-order chi connectivity index (χ1) is 19.6. The van der Waals surface area contributed by atoms with Gasteiger partial charge in [-0.05, 0) is 49.6 Å². The van der Waals surface area contributed by atoms with E-state index in [1.165, 1.54) is 13.2 Å². The zero-order valence-electron chi connectivity index (χ0n) is 22.8. The van der Waals surface area contributed by atoms with Crippen molar-refractivity contribution in [3.63, 3.8) is 0 Å². The fourth-order valence-corrected chi connectivity index (χ4v) is 5.29. The molecular formula is C29H32Cl2N2O8. The molecule has 0 amide bonds. The van der Waals surface area contributed by atoms with Gasteiger partial charge in [-0.25, -0.2) is 9.78 Å². The summed E-state index contributed by atoms with van der Waals surface area (Å²) in [5.41, 5.74) is 3.20. The van der Waals surface area contributed by atoms with Crippen molar-refractivity contribution >= 4 is 40.2 Å². The van der Waals surface area contributed by atoms with Crippen LogP contribution in [0.5, 0.6) is 5.75 Å². The summed E-state index contributed by atoms with van der Waals surface area (Å²) in [4.78, 5) is 17.9. The van der Waals surface area contributed by atoms with Gasteiger partial charge in [0.25, 0.3) is 0 Å². The van der Waals surface area contributed by atoms with Crippen molar-refractivity contribution in [2.24, 2.45) is 0 Å². The number of ether oxygens (including phenoxy) is 4. The van der Waals surface area contributed by atoms with E-state index in [0.29, 0.717) is 24.4 Å². The van der Waals surface area contributed by atoms with Gasteiger partial charge in [-0.1, -0.05) is 29.3 Å². The number of aliphatic hydroxyl groups is 3. The molecule has 0 radical (unpaired) electrons. The Morgan fingerprint density at radius 3 is 2.66 bits per heavy atom. The van der Waals surface area contributed by atoms with E-state index in [-0.39, 0.29) is 28.0 Å². The lowest BCUT2D eigenvalue weighted by molar-refractivity contribution is -0.293. The van der Waals surface area contributed by atoms with Gasteiger partial charge in [-0.3, -0.25) is 0 Å². The Labute approximate surface area is 247 Å². The summed E-state index contributed by atoms with van der Waals surface area (Å²) in [7, 11) is 1.28. The van der Waals surface area contributed by atoms with E-state index in [1.807, 2.05) is 29.7 Å². The van der Waals surface area contributed by atoms with Crippen LogP contribution in [0.1, 0.15) is 40.2 Å². The molecule has 3 aromatic rings. The zero-order chi connectivity index (χ0) is 29.8. The average molecular weight is 607 g/mol. The molecule has 2 aromatic carbocycles. The number of unbranched alkanes of at least 4 members (excludes halogenated alkanes) is 1. The molecule has 0 spiro atoms. The molecular weight excluding hydrogens is 575 g/mol. The largest absolute Gasteiger partial charge is 0.483 e. The van der Waals surface area contributed by atoms with E-state index in [0.717, 1.165) is 23.0 Å². The number of imidazole rings is 1. The van der Waals surface area contributed by atoms with Crippen LogP contribution in [0.25, 0.3) is 11.0 Å². The maximum absolute atomic E-state index is 13.1. The highest BCUT2D eigenvalue weighted by molar-refractivity contribution is 6.38. The van der Waals surface area contributed by atoms with Gasteiger partial charge < -0.3 is 38.8 Å². The highest BCUT2D eigenvalue weighted by atomic mass is 35.5. The van der Waals surface area contributed by atoms with Crippen LogP contribution in [0, 0.1) is 26.2 Å². The minimum atomic E-state index is -1.58. The second kappa shape index (κ2) is 13.4. The number of aryl methyl sites for hydroxylation is 2. The van der Waals surface area contributed by atoms with Crippen LogP contribution >= 0.6 is 23.2 Å². The number of nitrogens with zero attached hydrogens (tertiary/aromatic N) is 2. The van der Waals surface area contributed by atoms with Crippen molar-refractivity contribution in [2.45, 2.75) is 70.5 Å². The number of aliphatic hydroxyl groups excluding tert-OH is 3. The molecule has 5 atom stereocenters. The lowest BCUT2D eigenvalue weighted by Crippen LogP contribution is -2.60. The number of hydrogen-bond donors (Lipinski definition) is 3. The van der Waals surface area contributed by atoms with Crippen LogP contribution in [-0.4, -0.2) is 75.3 Å². The molecule has 0 bridgehead atoms. The molecule has 220 valence electrons. The van der Waals surface area contributed by atoms with Crippen LogP contribution in [0.4, 0.5) is 0 Å². The van der Waals surface area contributed by atoms with Crippen LogP contribution in [0.15, 0.2) is 24.3 Å². The first-order valence-electron chi connectivity index (χ1n) is 13.0. The van der Waals surface area contributed by atoms with E-state index in [1.54, 1.807) is 6.92 Å². The summed E-state index contributed by atoms with van der Waals surface area (Å²) < 4.78 is 24.1. The SMILES string of the molecule is C#CCCCn1c(COc2c(Cl)cc(C(=O)O[C@H]3[C@@H](OC)O[C@H](CO)[C@@H](O)[C@@H]3O)c(C)c2Cl)nc2cc(C)ccc21. The number of benzene rings is 2. The fraction of sp³-hybridized carbons (Fsp3) is 0.448. The van der Waals surface area contributed by atoms with Crippen molar-refractivity contribution in [3.8, 4) is 18.1 Å². The highest BCUT2D eigenvalue weighted by Gasteiger charge is 2.47. The molecule has 1 fully saturated rings. The second-order valence-electron chi connectivity index (χ2n) is 9.75. The Bertz CT molecular complexity index is 1450. The third kappa shape index (κ3) is 6.47. The van der Waals surface area contributed by atoms with Crippen molar-refractivity contribution in [1.29, 1.82) is 0 Å². The summed E-state index contributed by atoms with van der Waals surface area (Å²) >= 11 is 13.1. The molecule has 1 aliphatic rings. The monoisotopic (exact) mass is 606 g/mol. The first-order valence-corrected chi connectivity index (χ1v) is 13.7. The predicted molar refractivity (Wildman–Crippen MR) is 152 cm³/mol. The van der Waals surface area contributed by atoms with Crippen molar-refractivity contribution in [3.05, 3.63) is 56.8 Å². The molecule has 2 heterocycles. The Morgan fingerprint density at radius 2 is 1.98 bits per heavy atom. The van der Waals surface area contributed by atoms with E-state index >= 15 is 0 Å². The van der Waals surface area contributed by atoms with Crippen LogP contribution in [0.2, 0.25) is 10.0 Å². The molecule has 1 saturated heterocycles. The van der Waals surface area contributed by atoms with Crippen LogP contribution in [0.3, 0.4) is 0 Å². The van der Waals surface area contributed by atoms with Gasteiger partial charge in [0, 0.05) is 20.1 Å². The Kier molecular flexibility index (Phi) is 10.2. The number of fused-ring (bicyclic) bond motifs is 1. The lowest BCUT2D eigenvalue weighted by atomic mass is 9.99. The number of halogens is 2. The lowest BCUT2D eigenvalue weighted by Gasteiger charge is -2.40. The summed E-state index contributed by atoms with van der Waals surface area (Å²) in [6, 6.07) is 7.37. The molecule has 41 heavy (non-hydrogen) atoms. The normalized spacial score (nSPS) is 22.5. The van der Waals surface area contributed by atoms with E-state index in [4.69, 9.17) is 53.6 Å². The van der Waals surface area contributed by atoms with Crippen molar-refractivity contribution in [1.82, 2.24) is 9.55 Å². The zero-order valence-corrected chi connectivity index (χ0v) is 24.4. The summed E-state index contributed by atoms with van der Waals surface area (Å²) in [5, 5.41) is 30.3. The molecule has 1 aliphatic heterocycles. The van der Waals surface area contributed by atoms with Gasteiger partial charge in [0.15, 0.2) is 18.1 Å². The van der Waals surface area contributed by atoms with Gasteiger partial charge in [0.05, 0.1) is 33.2 Å². The number of methoxy groups -OCH3 is 1. The smallest absolute Gasteiger partial charge is 0.339 e. The molecule has 3 N–H and O–H groups in total. The minimum absolute atomic E-state index is 0.0187. The molecule has 0 unspecified atom stereocenters. The average Bonchev–Trinajstić information content (AvgIpc) is 3.29. The van der Waals surface area contributed by atoms with Gasteiger partial charge >= 0.3 is 5.97 Å². The topological polar surface area (TPSA) is 132 Å². The third-order valence-corrected chi connectivity index (χ3v) is 7.71. The summed E-state index contributed by atoms with van der Waals surface area (Å²) in [5.74, 6) is 2.60. The number of rotatable bonds is 10. The Hall–Kier alpha value is -2.88. The number of carbonyl (C=O) groups is 1. The molecule has 10 nitrogen and oxygen atoms in total.